The Bertz CT molecular complexity index is 548. The van der Waals surface area contributed by atoms with Crippen molar-refractivity contribution in [3.63, 3.8) is 0 Å². The fraction of sp³-hybridized carbons (Fsp3) is 0.842. The lowest BCUT2D eigenvalue weighted by Gasteiger charge is -2.33. The topological polar surface area (TPSA) is 78.6 Å². The van der Waals surface area contributed by atoms with Gasteiger partial charge in [-0.15, -0.1) is 24.0 Å². The van der Waals surface area contributed by atoms with Crippen LogP contribution in [0.4, 0.5) is 0 Å². The molecule has 1 saturated heterocycles. The number of nitrogens with zero attached hydrogens (tertiary/aromatic N) is 4. The Morgan fingerprint density at radius 1 is 1.26 bits per heavy atom. The minimum atomic E-state index is 0. The number of aliphatic imine (C=N–C) groups is 1. The lowest BCUT2D eigenvalue weighted by molar-refractivity contribution is 0.159. The van der Waals surface area contributed by atoms with Crippen LogP contribution in [-0.4, -0.2) is 60.3 Å². The van der Waals surface area contributed by atoms with E-state index in [-0.39, 0.29) is 24.0 Å². The maximum absolute atomic E-state index is 5.27. The number of hydrogen-bond donors (Lipinski definition) is 2. The first-order valence-corrected chi connectivity index (χ1v) is 10.1. The van der Waals surface area contributed by atoms with Crippen molar-refractivity contribution < 1.29 is 4.52 Å². The van der Waals surface area contributed by atoms with Gasteiger partial charge in [0.25, 0.3) is 0 Å². The minimum absolute atomic E-state index is 0. The Morgan fingerprint density at radius 2 is 2.00 bits per heavy atom. The quantitative estimate of drug-likeness (QED) is 0.239. The van der Waals surface area contributed by atoms with Crippen molar-refractivity contribution in [2.24, 2.45) is 4.99 Å². The van der Waals surface area contributed by atoms with Crippen molar-refractivity contribution in [2.75, 3.05) is 33.2 Å². The molecule has 0 spiro atoms. The van der Waals surface area contributed by atoms with Gasteiger partial charge in [0.05, 0.1) is 0 Å². The van der Waals surface area contributed by atoms with E-state index < -0.39 is 0 Å². The first kappa shape index (κ1) is 24.1. The summed E-state index contributed by atoms with van der Waals surface area (Å²) in [5.41, 5.74) is 0. The van der Waals surface area contributed by atoms with E-state index in [0.717, 1.165) is 50.2 Å². The van der Waals surface area contributed by atoms with Crippen LogP contribution < -0.4 is 10.6 Å². The molecule has 1 aliphatic heterocycles. The standard InChI is InChI=1S/C19H36N6O.HI/c1-15(2)18-23-17(26-24-18)10-7-11-21-19(20-4)22-12-8-14-25-13-6-5-9-16(25)3;/h15-16H,5-14H2,1-4H3,(H2,20,21,22);1H. The van der Waals surface area contributed by atoms with Gasteiger partial charge >= 0.3 is 0 Å². The Hall–Kier alpha value is -0.900. The van der Waals surface area contributed by atoms with Gasteiger partial charge in [0.15, 0.2) is 11.8 Å². The molecule has 8 heteroatoms. The molecule has 1 aromatic rings. The summed E-state index contributed by atoms with van der Waals surface area (Å²) in [6, 6.07) is 0.738. The molecule has 1 aromatic heterocycles. The number of piperidine rings is 1. The second-order valence-corrected chi connectivity index (χ2v) is 7.46. The summed E-state index contributed by atoms with van der Waals surface area (Å²) >= 11 is 0. The number of halogens is 1. The van der Waals surface area contributed by atoms with Gasteiger partial charge in [-0.25, -0.2) is 0 Å². The summed E-state index contributed by atoms with van der Waals surface area (Å²) in [6.45, 7) is 10.7. The summed E-state index contributed by atoms with van der Waals surface area (Å²) in [7, 11) is 1.81. The summed E-state index contributed by atoms with van der Waals surface area (Å²) in [5.74, 6) is 2.68. The van der Waals surface area contributed by atoms with Gasteiger partial charge in [-0.3, -0.25) is 4.99 Å². The molecule has 0 amide bonds. The average Bonchev–Trinajstić information content (AvgIpc) is 3.11. The van der Waals surface area contributed by atoms with Crippen molar-refractivity contribution in [1.29, 1.82) is 0 Å². The third-order valence-electron chi connectivity index (χ3n) is 4.94. The summed E-state index contributed by atoms with van der Waals surface area (Å²) in [4.78, 5) is 11.3. The van der Waals surface area contributed by atoms with Crippen molar-refractivity contribution in [3.05, 3.63) is 11.7 Å². The van der Waals surface area contributed by atoms with Gasteiger partial charge in [-0.1, -0.05) is 25.4 Å². The maximum atomic E-state index is 5.27. The van der Waals surface area contributed by atoms with Crippen molar-refractivity contribution in [1.82, 2.24) is 25.7 Å². The van der Waals surface area contributed by atoms with Crippen LogP contribution in [0.15, 0.2) is 9.52 Å². The van der Waals surface area contributed by atoms with Crippen LogP contribution in [-0.2, 0) is 6.42 Å². The molecule has 0 aliphatic carbocycles. The molecule has 0 aromatic carbocycles. The number of aryl methyl sites for hydroxylation is 1. The fourth-order valence-corrected chi connectivity index (χ4v) is 3.25. The lowest BCUT2D eigenvalue weighted by Crippen LogP contribution is -2.41. The molecule has 2 heterocycles. The Balaban J connectivity index is 0.00000364. The third-order valence-corrected chi connectivity index (χ3v) is 4.94. The van der Waals surface area contributed by atoms with Gasteiger partial charge in [-0.05, 0) is 39.2 Å². The highest BCUT2D eigenvalue weighted by Gasteiger charge is 2.17. The van der Waals surface area contributed by atoms with E-state index in [0.29, 0.717) is 11.8 Å². The van der Waals surface area contributed by atoms with Crippen molar-refractivity contribution in [2.45, 2.75) is 71.3 Å². The molecular formula is C19H37IN6O. The molecule has 2 N–H and O–H groups in total. The van der Waals surface area contributed by atoms with E-state index in [9.17, 15) is 0 Å². The first-order valence-electron chi connectivity index (χ1n) is 10.1. The molecule has 1 fully saturated rings. The van der Waals surface area contributed by atoms with Gasteiger partial charge in [0, 0.05) is 45.1 Å². The zero-order valence-electron chi connectivity index (χ0n) is 17.3. The van der Waals surface area contributed by atoms with Crippen LogP contribution in [0.2, 0.25) is 0 Å². The lowest BCUT2D eigenvalue weighted by atomic mass is 10.0. The SMILES string of the molecule is CN=C(NCCCc1nc(C(C)C)no1)NCCCN1CCCCC1C.I. The van der Waals surface area contributed by atoms with E-state index in [1.807, 2.05) is 7.05 Å². The minimum Gasteiger partial charge on any atom is -0.356 e. The van der Waals surface area contributed by atoms with Gasteiger partial charge in [0.2, 0.25) is 5.89 Å². The van der Waals surface area contributed by atoms with Crippen LogP contribution in [0.5, 0.6) is 0 Å². The normalized spacial score (nSPS) is 18.4. The average molecular weight is 492 g/mol. The molecule has 1 atom stereocenters. The molecule has 1 aliphatic rings. The molecule has 1 unspecified atom stereocenters. The highest BCUT2D eigenvalue weighted by atomic mass is 127. The fourth-order valence-electron chi connectivity index (χ4n) is 3.25. The smallest absolute Gasteiger partial charge is 0.226 e. The van der Waals surface area contributed by atoms with E-state index in [1.165, 1.54) is 32.4 Å². The number of aromatic nitrogens is 2. The number of nitrogens with one attached hydrogen (secondary N) is 2. The zero-order chi connectivity index (χ0) is 18.8. The first-order chi connectivity index (χ1) is 12.6. The van der Waals surface area contributed by atoms with Gasteiger partial charge in [-0.2, -0.15) is 4.98 Å². The highest BCUT2D eigenvalue weighted by molar-refractivity contribution is 14.0. The second-order valence-electron chi connectivity index (χ2n) is 7.46. The Kier molecular flexibility index (Phi) is 11.9. The third kappa shape index (κ3) is 8.76. The number of likely N-dealkylation sites (tertiary alicyclic amines) is 1. The van der Waals surface area contributed by atoms with Crippen LogP contribution in [0.1, 0.15) is 70.5 Å². The number of guanidine groups is 1. The zero-order valence-corrected chi connectivity index (χ0v) is 19.7. The predicted octanol–water partition coefficient (Wildman–Crippen LogP) is 3.17. The van der Waals surface area contributed by atoms with Crippen LogP contribution in [0.3, 0.4) is 0 Å². The van der Waals surface area contributed by atoms with Crippen LogP contribution in [0.25, 0.3) is 0 Å². The molecule has 2 rings (SSSR count). The van der Waals surface area contributed by atoms with Gasteiger partial charge < -0.3 is 20.1 Å². The summed E-state index contributed by atoms with van der Waals surface area (Å²) in [6.07, 6.45) is 6.94. The molecule has 27 heavy (non-hydrogen) atoms. The Morgan fingerprint density at radius 3 is 2.63 bits per heavy atom. The summed E-state index contributed by atoms with van der Waals surface area (Å²) < 4.78 is 5.27. The number of hydrogen-bond acceptors (Lipinski definition) is 5. The van der Waals surface area contributed by atoms with E-state index >= 15 is 0 Å². The summed E-state index contributed by atoms with van der Waals surface area (Å²) in [5, 5.41) is 10.7. The van der Waals surface area contributed by atoms with Gasteiger partial charge in [0.1, 0.15) is 0 Å². The van der Waals surface area contributed by atoms with Crippen LogP contribution in [0, 0.1) is 0 Å². The van der Waals surface area contributed by atoms with E-state index in [4.69, 9.17) is 4.52 Å². The molecular weight excluding hydrogens is 455 g/mol. The van der Waals surface area contributed by atoms with Crippen LogP contribution >= 0.6 is 24.0 Å². The van der Waals surface area contributed by atoms with Crippen molar-refractivity contribution >= 4 is 29.9 Å². The molecule has 7 nitrogen and oxygen atoms in total. The highest BCUT2D eigenvalue weighted by Crippen LogP contribution is 2.16. The predicted molar refractivity (Wildman–Crippen MR) is 121 cm³/mol. The molecule has 156 valence electrons. The number of rotatable bonds is 9. The monoisotopic (exact) mass is 492 g/mol. The van der Waals surface area contributed by atoms with E-state index in [1.54, 1.807) is 0 Å². The molecule has 0 bridgehead atoms. The Labute approximate surface area is 181 Å². The molecule has 0 saturated carbocycles. The largest absolute Gasteiger partial charge is 0.356 e. The van der Waals surface area contributed by atoms with Crippen molar-refractivity contribution in [3.8, 4) is 0 Å². The molecule has 0 radical (unpaired) electrons. The maximum Gasteiger partial charge on any atom is 0.226 e. The second kappa shape index (κ2) is 13.3. The van der Waals surface area contributed by atoms with E-state index in [2.05, 4.69) is 51.4 Å².